The van der Waals surface area contributed by atoms with E-state index < -0.39 is 0 Å². The van der Waals surface area contributed by atoms with Gasteiger partial charge in [-0.15, -0.1) is 0 Å². The van der Waals surface area contributed by atoms with Crippen molar-refractivity contribution in [3.8, 4) is 0 Å². The molecule has 1 aromatic heterocycles. The zero-order valence-corrected chi connectivity index (χ0v) is 10.8. The summed E-state index contributed by atoms with van der Waals surface area (Å²) in [4.78, 5) is 0. The fourth-order valence-electron chi connectivity index (χ4n) is 2.10. The molecule has 0 unspecified atom stereocenters. The van der Waals surface area contributed by atoms with Gasteiger partial charge in [0.2, 0.25) is 0 Å². The number of hydrogen-bond donors (Lipinski definition) is 1. The van der Waals surface area contributed by atoms with Crippen molar-refractivity contribution in [1.82, 2.24) is 9.88 Å². The number of nitrogens with zero attached hydrogens (tertiary/aromatic N) is 1. The van der Waals surface area contributed by atoms with E-state index in [1.807, 2.05) is 7.05 Å². The highest BCUT2D eigenvalue weighted by molar-refractivity contribution is 5.31. The van der Waals surface area contributed by atoms with E-state index in [0.29, 0.717) is 0 Å². The Kier molecular flexibility index (Phi) is 3.64. The first-order valence-corrected chi connectivity index (χ1v) is 6.05. The standard InChI is InChI=1S/C15H20N2/c1-12-6-7-13(2)14(9-12)11-17-8-4-5-15(17)10-16-3/h4-9,16H,10-11H2,1-3H3. The lowest BCUT2D eigenvalue weighted by molar-refractivity contribution is 0.692. The highest BCUT2D eigenvalue weighted by Crippen LogP contribution is 2.14. The van der Waals surface area contributed by atoms with Crippen molar-refractivity contribution in [3.05, 3.63) is 58.9 Å². The number of nitrogens with one attached hydrogen (secondary N) is 1. The summed E-state index contributed by atoms with van der Waals surface area (Å²) in [6.45, 7) is 6.19. The fourth-order valence-corrected chi connectivity index (χ4v) is 2.10. The molecule has 2 heteroatoms. The number of aryl methyl sites for hydroxylation is 2. The summed E-state index contributed by atoms with van der Waals surface area (Å²) in [5.41, 5.74) is 5.42. The molecular weight excluding hydrogens is 208 g/mol. The van der Waals surface area contributed by atoms with Crippen LogP contribution in [0.3, 0.4) is 0 Å². The SMILES string of the molecule is CNCc1cccn1Cc1cc(C)ccc1C. The molecular formula is C15H20N2. The monoisotopic (exact) mass is 228 g/mol. The van der Waals surface area contributed by atoms with Crippen LogP contribution in [0, 0.1) is 13.8 Å². The molecule has 0 saturated heterocycles. The second kappa shape index (κ2) is 5.19. The van der Waals surface area contributed by atoms with E-state index in [2.05, 4.69) is 60.3 Å². The van der Waals surface area contributed by atoms with Gasteiger partial charge in [0, 0.05) is 25.0 Å². The normalized spacial score (nSPS) is 10.8. The molecule has 1 N–H and O–H groups in total. The number of aromatic nitrogens is 1. The van der Waals surface area contributed by atoms with E-state index in [1.54, 1.807) is 0 Å². The van der Waals surface area contributed by atoms with E-state index in [-0.39, 0.29) is 0 Å². The van der Waals surface area contributed by atoms with Gasteiger partial charge in [0.05, 0.1) is 0 Å². The largest absolute Gasteiger partial charge is 0.346 e. The molecule has 2 nitrogen and oxygen atoms in total. The maximum Gasteiger partial charge on any atom is 0.0476 e. The molecule has 90 valence electrons. The first-order valence-electron chi connectivity index (χ1n) is 6.05. The van der Waals surface area contributed by atoms with Gasteiger partial charge in [-0.1, -0.05) is 23.8 Å². The van der Waals surface area contributed by atoms with Gasteiger partial charge < -0.3 is 9.88 Å². The Bertz CT molecular complexity index is 497. The van der Waals surface area contributed by atoms with Gasteiger partial charge in [0.15, 0.2) is 0 Å². The predicted octanol–water partition coefficient (Wildman–Crippen LogP) is 2.87. The quantitative estimate of drug-likeness (QED) is 0.851. The fraction of sp³-hybridized carbons (Fsp3) is 0.333. The maximum absolute atomic E-state index is 3.20. The van der Waals surface area contributed by atoms with Crippen molar-refractivity contribution < 1.29 is 0 Å². The van der Waals surface area contributed by atoms with Crippen LogP contribution in [0.25, 0.3) is 0 Å². The second-order valence-corrected chi connectivity index (χ2v) is 4.59. The average molecular weight is 228 g/mol. The third-order valence-electron chi connectivity index (χ3n) is 3.13. The Hall–Kier alpha value is -1.54. The molecule has 0 bridgehead atoms. The lowest BCUT2D eigenvalue weighted by Crippen LogP contribution is -2.11. The van der Waals surface area contributed by atoms with E-state index in [0.717, 1.165) is 13.1 Å². The van der Waals surface area contributed by atoms with Gasteiger partial charge in [0.1, 0.15) is 0 Å². The van der Waals surface area contributed by atoms with Crippen LogP contribution in [0.1, 0.15) is 22.4 Å². The Balaban J connectivity index is 2.25. The van der Waals surface area contributed by atoms with Gasteiger partial charge >= 0.3 is 0 Å². The molecule has 1 aromatic carbocycles. The summed E-state index contributed by atoms with van der Waals surface area (Å²) in [5, 5.41) is 3.20. The van der Waals surface area contributed by atoms with Gasteiger partial charge in [0.25, 0.3) is 0 Å². The molecule has 2 rings (SSSR count). The van der Waals surface area contributed by atoms with E-state index >= 15 is 0 Å². The Labute approximate surface area is 103 Å². The van der Waals surface area contributed by atoms with Crippen molar-refractivity contribution in [3.63, 3.8) is 0 Å². The molecule has 0 aliphatic rings. The molecule has 0 aliphatic carbocycles. The molecule has 17 heavy (non-hydrogen) atoms. The zero-order valence-electron chi connectivity index (χ0n) is 10.8. The van der Waals surface area contributed by atoms with E-state index in [4.69, 9.17) is 0 Å². The first kappa shape index (κ1) is 11.9. The van der Waals surface area contributed by atoms with Crippen molar-refractivity contribution >= 4 is 0 Å². The number of rotatable bonds is 4. The van der Waals surface area contributed by atoms with Gasteiger partial charge in [-0.2, -0.15) is 0 Å². The van der Waals surface area contributed by atoms with Crippen LogP contribution in [0.5, 0.6) is 0 Å². The Morgan fingerprint density at radius 2 is 2.00 bits per heavy atom. The minimum absolute atomic E-state index is 0.915. The van der Waals surface area contributed by atoms with Crippen molar-refractivity contribution in [2.45, 2.75) is 26.9 Å². The Morgan fingerprint density at radius 1 is 1.18 bits per heavy atom. The summed E-state index contributed by atoms with van der Waals surface area (Å²) in [6, 6.07) is 10.9. The zero-order chi connectivity index (χ0) is 12.3. The predicted molar refractivity (Wildman–Crippen MR) is 72.2 cm³/mol. The molecule has 0 aliphatic heterocycles. The third kappa shape index (κ3) is 2.77. The molecule has 0 amide bonds. The molecule has 2 aromatic rings. The summed E-state index contributed by atoms with van der Waals surface area (Å²) < 4.78 is 2.30. The summed E-state index contributed by atoms with van der Waals surface area (Å²) in [6.07, 6.45) is 2.15. The minimum atomic E-state index is 0.915. The summed E-state index contributed by atoms with van der Waals surface area (Å²) >= 11 is 0. The third-order valence-corrected chi connectivity index (χ3v) is 3.13. The van der Waals surface area contributed by atoms with Gasteiger partial charge in [-0.25, -0.2) is 0 Å². The van der Waals surface area contributed by atoms with E-state index in [9.17, 15) is 0 Å². The lowest BCUT2D eigenvalue weighted by Gasteiger charge is -2.12. The van der Waals surface area contributed by atoms with Crippen LogP contribution < -0.4 is 5.32 Å². The van der Waals surface area contributed by atoms with Gasteiger partial charge in [-0.05, 0) is 44.2 Å². The van der Waals surface area contributed by atoms with Crippen LogP contribution in [0.2, 0.25) is 0 Å². The number of benzene rings is 1. The van der Waals surface area contributed by atoms with Crippen LogP contribution in [0.4, 0.5) is 0 Å². The van der Waals surface area contributed by atoms with Crippen molar-refractivity contribution in [2.75, 3.05) is 7.05 Å². The molecule has 0 fully saturated rings. The molecule has 0 atom stereocenters. The topological polar surface area (TPSA) is 17.0 Å². The van der Waals surface area contributed by atoms with Crippen LogP contribution >= 0.6 is 0 Å². The highest BCUT2D eigenvalue weighted by Gasteiger charge is 2.03. The maximum atomic E-state index is 3.20. The smallest absolute Gasteiger partial charge is 0.0476 e. The second-order valence-electron chi connectivity index (χ2n) is 4.59. The molecule has 1 heterocycles. The molecule has 0 radical (unpaired) electrons. The van der Waals surface area contributed by atoms with Crippen LogP contribution in [-0.4, -0.2) is 11.6 Å². The van der Waals surface area contributed by atoms with Crippen LogP contribution in [-0.2, 0) is 13.1 Å². The average Bonchev–Trinajstić information content (AvgIpc) is 2.72. The lowest BCUT2D eigenvalue weighted by atomic mass is 10.1. The molecule has 0 saturated carbocycles. The molecule has 0 spiro atoms. The Morgan fingerprint density at radius 3 is 2.76 bits per heavy atom. The first-order chi connectivity index (χ1) is 8.20. The highest BCUT2D eigenvalue weighted by atomic mass is 15.0. The van der Waals surface area contributed by atoms with Gasteiger partial charge in [-0.3, -0.25) is 0 Å². The summed E-state index contributed by atoms with van der Waals surface area (Å²) in [7, 11) is 1.98. The number of hydrogen-bond acceptors (Lipinski definition) is 1. The van der Waals surface area contributed by atoms with Crippen molar-refractivity contribution in [2.24, 2.45) is 0 Å². The van der Waals surface area contributed by atoms with E-state index in [1.165, 1.54) is 22.4 Å². The van der Waals surface area contributed by atoms with Crippen LogP contribution in [0.15, 0.2) is 36.5 Å². The summed E-state index contributed by atoms with van der Waals surface area (Å²) in [5.74, 6) is 0. The van der Waals surface area contributed by atoms with Crippen molar-refractivity contribution in [1.29, 1.82) is 0 Å². The minimum Gasteiger partial charge on any atom is -0.346 e.